The number of hydrogen-bond acceptors (Lipinski definition) is 6. The van der Waals surface area contributed by atoms with E-state index in [0.717, 1.165) is 5.56 Å². The van der Waals surface area contributed by atoms with Gasteiger partial charge < -0.3 is 14.8 Å². The maximum absolute atomic E-state index is 12.8. The van der Waals surface area contributed by atoms with Crippen LogP contribution in [0.5, 0.6) is 0 Å². The Bertz CT molecular complexity index is 874. The number of nitrogens with one attached hydrogen (secondary N) is 1. The molecular weight excluding hydrogens is 389 g/mol. The van der Waals surface area contributed by atoms with Crippen molar-refractivity contribution in [2.24, 2.45) is 0 Å². The van der Waals surface area contributed by atoms with Gasteiger partial charge in [0.15, 0.2) is 0 Å². The molecule has 1 N–H and O–H groups in total. The molecule has 150 valence electrons. The second-order valence-corrected chi connectivity index (χ2v) is 7.37. The second kappa shape index (κ2) is 10.4. The lowest BCUT2D eigenvalue weighted by atomic mass is 10.2. The lowest BCUT2D eigenvalue weighted by Gasteiger charge is -2.17. The average molecular weight is 409 g/mol. The molecule has 0 aliphatic carbocycles. The SMILES string of the molecule is O=C(NC(CCS(=O)(=O)F)C(=O)OCc1ccccc1)OCc1ccccc1. The van der Waals surface area contributed by atoms with Crippen molar-refractivity contribution in [3.8, 4) is 0 Å². The zero-order valence-electron chi connectivity index (χ0n) is 14.9. The lowest BCUT2D eigenvalue weighted by Crippen LogP contribution is -2.43. The Kier molecular flexibility index (Phi) is 7.94. The Morgan fingerprint density at radius 3 is 1.89 bits per heavy atom. The zero-order chi connectivity index (χ0) is 20.4. The minimum atomic E-state index is -4.81. The van der Waals surface area contributed by atoms with Crippen molar-refractivity contribution in [2.75, 3.05) is 5.75 Å². The minimum Gasteiger partial charge on any atom is -0.459 e. The number of benzene rings is 2. The molecule has 0 fully saturated rings. The maximum Gasteiger partial charge on any atom is 0.408 e. The highest BCUT2D eigenvalue weighted by Crippen LogP contribution is 2.07. The van der Waals surface area contributed by atoms with Gasteiger partial charge in [0.2, 0.25) is 0 Å². The summed E-state index contributed by atoms with van der Waals surface area (Å²) in [4.78, 5) is 24.2. The fraction of sp³-hybridized carbons (Fsp3) is 0.263. The molecule has 0 saturated carbocycles. The maximum atomic E-state index is 12.8. The lowest BCUT2D eigenvalue weighted by molar-refractivity contribution is -0.147. The van der Waals surface area contributed by atoms with E-state index >= 15 is 0 Å². The first-order chi connectivity index (χ1) is 13.3. The van der Waals surface area contributed by atoms with Gasteiger partial charge in [0, 0.05) is 0 Å². The molecule has 1 atom stereocenters. The summed E-state index contributed by atoms with van der Waals surface area (Å²) in [6.07, 6.45) is -1.42. The number of alkyl carbamates (subject to hydrolysis) is 1. The Morgan fingerprint density at radius 2 is 1.39 bits per heavy atom. The van der Waals surface area contributed by atoms with Crippen LogP contribution in [0.1, 0.15) is 17.5 Å². The summed E-state index contributed by atoms with van der Waals surface area (Å²) in [6.45, 7) is -0.112. The molecule has 0 aliphatic heterocycles. The molecule has 0 spiro atoms. The van der Waals surface area contributed by atoms with E-state index in [1.165, 1.54) is 0 Å². The largest absolute Gasteiger partial charge is 0.459 e. The molecule has 28 heavy (non-hydrogen) atoms. The number of carbonyl (C=O) groups excluding carboxylic acids is 2. The molecular formula is C19H20FNO6S. The molecule has 7 nitrogen and oxygen atoms in total. The Balaban J connectivity index is 1.93. The predicted octanol–water partition coefficient (Wildman–Crippen LogP) is 2.71. The van der Waals surface area contributed by atoms with Crippen molar-refractivity contribution in [2.45, 2.75) is 25.7 Å². The smallest absolute Gasteiger partial charge is 0.408 e. The van der Waals surface area contributed by atoms with Crippen LogP contribution in [0.4, 0.5) is 8.68 Å². The van der Waals surface area contributed by atoms with Gasteiger partial charge in [-0.15, -0.1) is 3.89 Å². The van der Waals surface area contributed by atoms with E-state index in [4.69, 9.17) is 9.47 Å². The summed E-state index contributed by atoms with van der Waals surface area (Å²) in [5.41, 5.74) is 1.44. The van der Waals surface area contributed by atoms with E-state index in [9.17, 15) is 21.9 Å². The van der Waals surface area contributed by atoms with Crippen molar-refractivity contribution in [1.82, 2.24) is 5.32 Å². The molecule has 0 radical (unpaired) electrons. The van der Waals surface area contributed by atoms with Crippen LogP contribution in [0, 0.1) is 0 Å². The van der Waals surface area contributed by atoms with Crippen molar-refractivity contribution in [1.29, 1.82) is 0 Å². The summed E-state index contributed by atoms with van der Waals surface area (Å²) in [6, 6.07) is 16.3. The monoisotopic (exact) mass is 409 g/mol. The van der Waals surface area contributed by atoms with Crippen LogP contribution in [0.15, 0.2) is 60.7 Å². The van der Waals surface area contributed by atoms with Crippen LogP contribution < -0.4 is 5.32 Å². The molecule has 2 aromatic rings. The van der Waals surface area contributed by atoms with Gasteiger partial charge in [-0.25, -0.2) is 9.59 Å². The summed E-state index contributed by atoms with van der Waals surface area (Å²) in [7, 11) is -4.81. The average Bonchev–Trinajstić information content (AvgIpc) is 2.68. The van der Waals surface area contributed by atoms with Crippen LogP contribution in [0.2, 0.25) is 0 Å². The number of carbonyl (C=O) groups is 2. The first-order valence-electron chi connectivity index (χ1n) is 8.43. The molecule has 0 bridgehead atoms. The number of rotatable bonds is 9. The summed E-state index contributed by atoms with van der Waals surface area (Å²) >= 11 is 0. The molecule has 0 aliphatic rings. The molecule has 9 heteroatoms. The van der Waals surface area contributed by atoms with Crippen molar-refractivity contribution < 1.29 is 31.4 Å². The first kappa shape index (κ1) is 21.4. The van der Waals surface area contributed by atoms with Gasteiger partial charge in [-0.3, -0.25) is 0 Å². The van der Waals surface area contributed by atoms with E-state index in [2.05, 4.69) is 5.32 Å². The molecule has 2 aromatic carbocycles. The topological polar surface area (TPSA) is 98.8 Å². The minimum absolute atomic E-state index is 0.0418. The third kappa shape index (κ3) is 8.17. The van der Waals surface area contributed by atoms with Gasteiger partial charge in [-0.1, -0.05) is 60.7 Å². The number of esters is 1. The molecule has 0 heterocycles. The van der Waals surface area contributed by atoms with Gasteiger partial charge in [-0.2, -0.15) is 8.42 Å². The second-order valence-electron chi connectivity index (χ2n) is 5.88. The Labute approximate surface area is 162 Å². The summed E-state index contributed by atoms with van der Waals surface area (Å²) < 4.78 is 44.5. The quantitative estimate of drug-likeness (QED) is 0.505. The van der Waals surface area contributed by atoms with Crippen molar-refractivity contribution in [3.63, 3.8) is 0 Å². The van der Waals surface area contributed by atoms with Crippen molar-refractivity contribution >= 4 is 22.3 Å². The summed E-state index contributed by atoms with van der Waals surface area (Å²) in [5, 5.41) is 2.23. The highest BCUT2D eigenvalue weighted by atomic mass is 32.3. The Hall–Kier alpha value is -2.94. The van der Waals surface area contributed by atoms with Crippen LogP contribution in [0.25, 0.3) is 0 Å². The van der Waals surface area contributed by atoms with Crippen LogP contribution in [-0.4, -0.2) is 32.3 Å². The van der Waals surface area contributed by atoms with Gasteiger partial charge in [-0.05, 0) is 17.5 Å². The summed E-state index contributed by atoms with van der Waals surface area (Å²) in [5.74, 6) is -1.82. The van der Waals surface area contributed by atoms with E-state index in [-0.39, 0.29) is 13.2 Å². The van der Waals surface area contributed by atoms with Crippen LogP contribution in [0.3, 0.4) is 0 Å². The van der Waals surface area contributed by atoms with Gasteiger partial charge in [0.1, 0.15) is 19.3 Å². The van der Waals surface area contributed by atoms with Gasteiger partial charge in [0.25, 0.3) is 0 Å². The third-order valence-electron chi connectivity index (χ3n) is 3.66. The van der Waals surface area contributed by atoms with Gasteiger partial charge >= 0.3 is 22.3 Å². The first-order valence-corrected chi connectivity index (χ1v) is 9.99. The molecule has 0 aromatic heterocycles. The van der Waals surface area contributed by atoms with Crippen molar-refractivity contribution in [3.05, 3.63) is 71.8 Å². The van der Waals surface area contributed by atoms with Crippen LogP contribution >= 0.6 is 0 Å². The van der Waals surface area contributed by atoms with E-state index in [1.54, 1.807) is 60.7 Å². The van der Waals surface area contributed by atoms with Crippen LogP contribution in [-0.2, 0) is 37.7 Å². The third-order valence-corrected chi connectivity index (χ3v) is 4.39. The molecule has 1 amide bonds. The van der Waals surface area contributed by atoms with E-state index in [1.807, 2.05) is 0 Å². The number of hydrogen-bond donors (Lipinski definition) is 1. The fourth-order valence-electron chi connectivity index (χ4n) is 2.24. The number of halogens is 1. The molecule has 2 rings (SSSR count). The molecule has 0 saturated heterocycles. The normalized spacial score (nSPS) is 12.0. The predicted molar refractivity (Wildman–Crippen MR) is 99.3 cm³/mol. The standard InChI is InChI=1S/C19H20FNO6S/c20-28(24,25)12-11-17(18(22)26-13-15-7-3-1-4-8-15)21-19(23)27-14-16-9-5-2-6-10-16/h1-10,17H,11-14H2,(H,21,23). The highest BCUT2D eigenvalue weighted by Gasteiger charge is 2.25. The van der Waals surface area contributed by atoms with E-state index < -0.39 is 40.5 Å². The highest BCUT2D eigenvalue weighted by molar-refractivity contribution is 7.86. The number of ether oxygens (including phenoxy) is 2. The zero-order valence-corrected chi connectivity index (χ0v) is 15.7. The number of amides is 1. The Morgan fingerprint density at radius 1 is 0.893 bits per heavy atom. The van der Waals surface area contributed by atoms with E-state index in [0.29, 0.717) is 5.56 Å². The fourth-order valence-corrected chi connectivity index (χ4v) is 2.76. The molecule has 1 unspecified atom stereocenters. The van der Waals surface area contributed by atoms with Gasteiger partial charge in [0.05, 0.1) is 5.75 Å².